The van der Waals surface area contributed by atoms with Crippen LogP contribution in [0.2, 0.25) is 0 Å². The lowest BCUT2D eigenvalue weighted by molar-refractivity contribution is -0.134. The first-order valence-corrected chi connectivity index (χ1v) is 8.72. The van der Waals surface area contributed by atoms with Gasteiger partial charge in [-0.2, -0.15) is 0 Å². The minimum absolute atomic E-state index is 0.0116. The maximum absolute atomic E-state index is 12.6. The molecule has 1 atom stereocenters. The van der Waals surface area contributed by atoms with Crippen molar-refractivity contribution < 1.29 is 9.59 Å². The van der Waals surface area contributed by atoms with Crippen LogP contribution >= 0.6 is 0 Å². The van der Waals surface area contributed by atoms with E-state index >= 15 is 0 Å². The predicted molar refractivity (Wildman–Crippen MR) is 95.8 cm³/mol. The van der Waals surface area contributed by atoms with Gasteiger partial charge in [-0.25, -0.2) is 0 Å². The second-order valence-corrected chi connectivity index (χ2v) is 6.62. The van der Waals surface area contributed by atoms with Gasteiger partial charge in [0.1, 0.15) is 0 Å². The van der Waals surface area contributed by atoms with Gasteiger partial charge in [-0.1, -0.05) is 13.0 Å². The average Bonchev–Trinajstić information content (AvgIpc) is 2.96. The Morgan fingerprint density at radius 2 is 2.12 bits per heavy atom. The molecule has 24 heavy (non-hydrogen) atoms. The van der Waals surface area contributed by atoms with Crippen LogP contribution in [0.3, 0.4) is 0 Å². The molecule has 1 N–H and O–H groups in total. The van der Waals surface area contributed by atoms with Crippen molar-refractivity contribution >= 4 is 28.4 Å². The molecule has 0 saturated carbocycles. The van der Waals surface area contributed by atoms with Crippen LogP contribution in [0, 0.1) is 5.92 Å². The Morgan fingerprint density at radius 1 is 1.29 bits per heavy atom. The maximum atomic E-state index is 12.6. The Bertz CT molecular complexity index is 750. The third kappa shape index (κ3) is 3.45. The van der Waals surface area contributed by atoms with Gasteiger partial charge in [0.25, 0.3) is 0 Å². The molecule has 3 rings (SSSR count). The van der Waals surface area contributed by atoms with Crippen LogP contribution in [0.4, 0.5) is 5.69 Å². The number of nitrogens with zero attached hydrogens (tertiary/aromatic N) is 2. The van der Waals surface area contributed by atoms with Gasteiger partial charge in [-0.15, -0.1) is 0 Å². The zero-order valence-electron chi connectivity index (χ0n) is 14.4. The highest BCUT2D eigenvalue weighted by molar-refractivity contribution is 5.95. The standard InChI is InChI=1S/C19H25N3O2/c1-3-5-18(23)22-10-4-6-15(13-22)19(24)20-16-8-7-14-9-11-21(2)17(14)12-16/h7-9,11-12,15H,3-6,10,13H2,1-2H3,(H,20,24)/t15-/m0/s1. The van der Waals surface area contributed by atoms with Gasteiger partial charge in [-0.05, 0) is 42.8 Å². The summed E-state index contributed by atoms with van der Waals surface area (Å²) in [5, 5.41) is 4.18. The summed E-state index contributed by atoms with van der Waals surface area (Å²) in [6, 6.07) is 8.00. The summed E-state index contributed by atoms with van der Waals surface area (Å²) < 4.78 is 2.04. The minimum Gasteiger partial charge on any atom is -0.350 e. The van der Waals surface area contributed by atoms with Crippen molar-refractivity contribution in [1.82, 2.24) is 9.47 Å². The number of piperidine rings is 1. The highest BCUT2D eigenvalue weighted by Crippen LogP contribution is 2.22. The molecule has 5 nitrogen and oxygen atoms in total. The molecule has 0 spiro atoms. The predicted octanol–water partition coefficient (Wildman–Crippen LogP) is 3.16. The van der Waals surface area contributed by atoms with E-state index in [1.165, 1.54) is 0 Å². The highest BCUT2D eigenvalue weighted by Gasteiger charge is 2.28. The summed E-state index contributed by atoms with van der Waals surface area (Å²) in [5.41, 5.74) is 1.91. The summed E-state index contributed by atoms with van der Waals surface area (Å²) in [4.78, 5) is 26.5. The number of hydrogen-bond donors (Lipinski definition) is 1. The van der Waals surface area contributed by atoms with Crippen LogP contribution in [0.25, 0.3) is 10.9 Å². The smallest absolute Gasteiger partial charge is 0.229 e. The lowest BCUT2D eigenvalue weighted by atomic mass is 9.96. The molecule has 2 amide bonds. The molecule has 5 heteroatoms. The van der Waals surface area contributed by atoms with E-state index in [2.05, 4.69) is 11.4 Å². The molecule has 0 bridgehead atoms. The minimum atomic E-state index is -0.122. The number of fused-ring (bicyclic) bond motifs is 1. The van der Waals surface area contributed by atoms with Gasteiger partial charge in [0.2, 0.25) is 11.8 Å². The first kappa shape index (κ1) is 16.6. The largest absolute Gasteiger partial charge is 0.350 e. The van der Waals surface area contributed by atoms with Gasteiger partial charge in [0, 0.05) is 44.0 Å². The monoisotopic (exact) mass is 327 g/mol. The number of benzene rings is 1. The van der Waals surface area contributed by atoms with Crippen molar-refractivity contribution in [3.63, 3.8) is 0 Å². The van der Waals surface area contributed by atoms with Gasteiger partial charge in [0.05, 0.1) is 5.92 Å². The first-order valence-electron chi connectivity index (χ1n) is 8.72. The maximum Gasteiger partial charge on any atom is 0.229 e. The molecule has 1 fully saturated rings. The number of rotatable bonds is 4. The van der Waals surface area contributed by atoms with Crippen molar-refractivity contribution in [3.05, 3.63) is 30.5 Å². The van der Waals surface area contributed by atoms with Gasteiger partial charge in [0.15, 0.2) is 0 Å². The zero-order valence-corrected chi connectivity index (χ0v) is 14.4. The summed E-state index contributed by atoms with van der Waals surface area (Å²) in [6.45, 7) is 3.32. The van der Waals surface area contributed by atoms with Crippen LogP contribution in [-0.4, -0.2) is 34.4 Å². The highest BCUT2D eigenvalue weighted by atomic mass is 16.2. The molecule has 1 aromatic heterocycles. The second-order valence-electron chi connectivity index (χ2n) is 6.62. The number of anilines is 1. The first-order chi connectivity index (χ1) is 11.6. The lowest BCUT2D eigenvalue weighted by Gasteiger charge is -2.32. The molecule has 2 heterocycles. The van der Waals surface area contributed by atoms with Crippen LogP contribution in [0.15, 0.2) is 30.5 Å². The topological polar surface area (TPSA) is 54.3 Å². The van der Waals surface area contributed by atoms with E-state index in [0.29, 0.717) is 13.0 Å². The molecule has 1 aliphatic heterocycles. The summed E-state index contributed by atoms with van der Waals surface area (Å²) >= 11 is 0. The zero-order chi connectivity index (χ0) is 17.1. The summed E-state index contributed by atoms with van der Waals surface area (Å²) in [5.74, 6) is 0.0569. The second kappa shape index (κ2) is 7.07. The molecule has 2 aromatic rings. The molecule has 0 radical (unpaired) electrons. The van der Waals surface area contributed by atoms with E-state index in [0.717, 1.165) is 42.4 Å². The Balaban J connectivity index is 1.66. The fourth-order valence-electron chi connectivity index (χ4n) is 3.37. The molecule has 1 saturated heterocycles. The Hall–Kier alpha value is -2.30. The third-order valence-electron chi connectivity index (χ3n) is 4.76. The molecule has 1 aromatic carbocycles. The molecule has 0 aliphatic carbocycles. The number of aromatic nitrogens is 1. The van der Waals surface area contributed by atoms with Gasteiger partial charge < -0.3 is 14.8 Å². The fourth-order valence-corrected chi connectivity index (χ4v) is 3.37. The van der Waals surface area contributed by atoms with E-state index in [-0.39, 0.29) is 17.7 Å². The lowest BCUT2D eigenvalue weighted by Crippen LogP contribution is -2.43. The molecule has 1 aliphatic rings. The van der Waals surface area contributed by atoms with Crippen LogP contribution in [0.5, 0.6) is 0 Å². The van der Waals surface area contributed by atoms with Crippen molar-refractivity contribution in [2.45, 2.75) is 32.6 Å². The van der Waals surface area contributed by atoms with E-state index in [1.807, 2.05) is 47.8 Å². The average molecular weight is 327 g/mol. The van der Waals surface area contributed by atoms with Crippen molar-refractivity contribution in [2.75, 3.05) is 18.4 Å². The van der Waals surface area contributed by atoms with Crippen molar-refractivity contribution in [1.29, 1.82) is 0 Å². The Morgan fingerprint density at radius 3 is 2.92 bits per heavy atom. The van der Waals surface area contributed by atoms with E-state index in [1.54, 1.807) is 0 Å². The summed E-state index contributed by atoms with van der Waals surface area (Å²) in [7, 11) is 1.99. The van der Waals surface area contributed by atoms with Crippen molar-refractivity contribution in [2.24, 2.45) is 13.0 Å². The number of likely N-dealkylation sites (tertiary alicyclic amines) is 1. The molecule has 0 unspecified atom stereocenters. The number of nitrogens with one attached hydrogen (secondary N) is 1. The number of hydrogen-bond acceptors (Lipinski definition) is 2. The molecule has 128 valence electrons. The normalized spacial score (nSPS) is 17.9. The van der Waals surface area contributed by atoms with Crippen LogP contribution < -0.4 is 5.32 Å². The summed E-state index contributed by atoms with van der Waals surface area (Å²) in [6.07, 6.45) is 5.16. The Kier molecular flexibility index (Phi) is 4.88. The molecular weight excluding hydrogens is 302 g/mol. The number of aryl methyl sites for hydroxylation is 1. The molecular formula is C19H25N3O2. The van der Waals surface area contributed by atoms with Crippen LogP contribution in [-0.2, 0) is 16.6 Å². The number of carbonyl (C=O) groups excluding carboxylic acids is 2. The van der Waals surface area contributed by atoms with Gasteiger partial charge >= 0.3 is 0 Å². The quantitative estimate of drug-likeness (QED) is 0.938. The fraction of sp³-hybridized carbons (Fsp3) is 0.474. The van der Waals surface area contributed by atoms with E-state index < -0.39 is 0 Å². The van der Waals surface area contributed by atoms with E-state index in [9.17, 15) is 9.59 Å². The number of amides is 2. The van der Waals surface area contributed by atoms with Crippen LogP contribution in [0.1, 0.15) is 32.6 Å². The van der Waals surface area contributed by atoms with E-state index in [4.69, 9.17) is 0 Å². The third-order valence-corrected chi connectivity index (χ3v) is 4.76. The Labute approximate surface area is 142 Å². The van der Waals surface area contributed by atoms with Gasteiger partial charge in [-0.3, -0.25) is 9.59 Å². The van der Waals surface area contributed by atoms with Crippen molar-refractivity contribution in [3.8, 4) is 0 Å². The number of carbonyl (C=O) groups is 2. The SMILES string of the molecule is CCCC(=O)N1CCC[C@H](C(=O)Nc2ccc3ccn(C)c3c2)C1.